The molecule has 0 bridgehead atoms. The maximum Gasteiger partial charge on any atom is 0.0996 e. The van der Waals surface area contributed by atoms with Crippen LogP contribution in [0.25, 0.3) is 0 Å². The molecule has 1 heterocycles. The minimum absolute atomic E-state index is 0.498. The molecule has 2 aromatic rings. The van der Waals surface area contributed by atoms with E-state index in [1.165, 1.54) is 22.3 Å². The fourth-order valence-electron chi connectivity index (χ4n) is 2.70. The first-order chi connectivity index (χ1) is 9.02. The molecule has 1 N–H and O–H groups in total. The molecule has 1 atom stereocenters. The Balaban J connectivity index is 2.27. The third-order valence-electron chi connectivity index (χ3n) is 3.66. The van der Waals surface area contributed by atoms with Crippen molar-refractivity contribution < 1.29 is 5.11 Å². The van der Waals surface area contributed by atoms with Gasteiger partial charge >= 0.3 is 0 Å². The predicted octanol–water partition coefficient (Wildman–Crippen LogP) is 3.10. The number of aliphatic hydroxyl groups is 1. The highest BCUT2D eigenvalue weighted by Gasteiger charge is 2.15. The highest BCUT2D eigenvalue weighted by atomic mass is 16.3. The topological polar surface area (TPSA) is 38.0 Å². The van der Waals surface area contributed by atoms with Crippen LogP contribution < -0.4 is 0 Å². The molecule has 0 spiro atoms. The molecular formula is C16H22N2O. The molecule has 3 nitrogen and oxygen atoms in total. The van der Waals surface area contributed by atoms with Crippen LogP contribution in [-0.2, 0) is 13.0 Å². The molecule has 19 heavy (non-hydrogen) atoms. The Morgan fingerprint density at radius 3 is 2.42 bits per heavy atom. The number of imidazole rings is 1. The van der Waals surface area contributed by atoms with Gasteiger partial charge in [-0.15, -0.1) is 0 Å². The molecule has 0 fully saturated rings. The van der Waals surface area contributed by atoms with Crippen molar-refractivity contribution >= 4 is 0 Å². The third kappa shape index (κ3) is 2.87. The van der Waals surface area contributed by atoms with Gasteiger partial charge in [0.05, 0.1) is 24.3 Å². The van der Waals surface area contributed by atoms with Crippen molar-refractivity contribution in [3.8, 4) is 0 Å². The van der Waals surface area contributed by atoms with Crippen LogP contribution in [-0.4, -0.2) is 14.7 Å². The summed E-state index contributed by atoms with van der Waals surface area (Å²) in [5.41, 5.74) is 5.90. The van der Waals surface area contributed by atoms with Crippen LogP contribution in [0, 0.1) is 20.8 Å². The Morgan fingerprint density at radius 2 is 1.84 bits per heavy atom. The summed E-state index contributed by atoms with van der Waals surface area (Å²) in [6.45, 7) is 9.21. The molecule has 0 saturated heterocycles. The lowest BCUT2D eigenvalue weighted by molar-refractivity contribution is 0.168. The van der Waals surface area contributed by atoms with Crippen molar-refractivity contribution in [2.45, 2.75) is 46.8 Å². The summed E-state index contributed by atoms with van der Waals surface area (Å²) in [7, 11) is 0. The number of benzene rings is 1. The average Bonchev–Trinajstić information content (AvgIpc) is 2.81. The lowest BCUT2D eigenvalue weighted by atomic mass is 9.94. The second-order valence-electron chi connectivity index (χ2n) is 5.20. The van der Waals surface area contributed by atoms with Crippen molar-refractivity contribution in [1.29, 1.82) is 0 Å². The van der Waals surface area contributed by atoms with E-state index in [1.807, 2.05) is 4.57 Å². The summed E-state index contributed by atoms with van der Waals surface area (Å²) in [6.07, 6.45) is 3.67. The van der Waals surface area contributed by atoms with Crippen LogP contribution in [0.4, 0.5) is 0 Å². The van der Waals surface area contributed by atoms with E-state index in [1.54, 1.807) is 12.5 Å². The number of aryl methyl sites for hydroxylation is 4. The standard InChI is InChI=1S/C16H22N2O/c1-5-18-10-17-9-15(18)16(19)8-14-12(3)6-11(2)7-13(14)4/h6-7,9-10,16,19H,5,8H2,1-4H3. The molecule has 0 radical (unpaired) electrons. The van der Waals surface area contributed by atoms with E-state index in [0.717, 1.165) is 12.2 Å². The average molecular weight is 258 g/mol. The fourth-order valence-corrected chi connectivity index (χ4v) is 2.70. The van der Waals surface area contributed by atoms with E-state index in [2.05, 4.69) is 44.8 Å². The van der Waals surface area contributed by atoms with E-state index in [0.29, 0.717) is 6.42 Å². The zero-order valence-corrected chi connectivity index (χ0v) is 12.1. The summed E-state index contributed by atoms with van der Waals surface area (Å²) in [4.78, 5) is 4.12. The Morgan fingerprint density at radius 1 is 1.21 bits per heavy atom. The van der Waals surface area contributed by atoms with Gasteiger partial charge < -0.3 is 9.67 Å². The minimum Gasteiger partial charge on any atom is -0.386 e. The van der Waals surface area contributed by atoms with Crippen LogP contribution >= 0.6 is 0 Å². The first kappa shape index (κ1) is 13.8. The highest BCUT2D eigenvalue weighted by Crippen LogP contribution is 2.24. The lowest BCUT2D eigenvalue weighted by Gasteiger charge is -2.16. The van der Waals surface area contributed by atoms with Crippen molar-refractivity contribution in [3.63, 3.8) is 0 Å². The number of aromatic nitrogens is 2. The van der Waals surface area contributed by atoms with Crippen LogP contribution in [0.1, 0.15) is 41.0 Å². The van der Waals surface area contributed by atoms with Crippen LogP contribution in [0.5, 0.6) is 0 Å². The van der Waals surface area contributed by atoms with E-state index >= 15 is 0 Å². The lowest BCUT2D eigenvalue weighted by Crippen LogP contribution is -2.10. The maximum absolute atomic E-state index is 10.4. The largest absolute Gasteiger partial charge is 0.386 e. The Bertz CT molecular complexity index is 549. The van der Waals surface area contributed by atoms with Crippen molar-refractivity contribution in [2.24, 2.45) is 0 Å². The van der Waals surface area contributed by atoms with E-state index in [-0.39, 0.29) is 0 Å². The Hall–Kier alpha value is -1.61. The molecule has 0 aliphatic rings. The van der Waals surface area contributed by atoms with Gasteiger partial charge in [-0.05, 0) is 44.4 Å². The third-order valence-corrected chi connectivity index (χ3v) is 3.66. The van der Waals surface area contributed by atoms with Crippen LogP contribution in [0.3, 0.4) is 0 Å². The SMILES string of the molecule is CCn1cncc1C(O)Cc1c(C)cc(C)cc1C. The summed E-state index contributed by atoms with van der Waals surface area (Å²) < 4.78 is 1.99. The van der Waals surface area contributed by atoms with Gasteiger partial charge in [0, 0.05) is 13.0 Å². The van der Waals surface area contributed by atoms with Gasteiger partial charge in [-0.3, -0.25) is 0 Å². The molecule has 0 aliphatic heterocycles. The van der Waals surface area contributed by atoms with Crippen molar-refractivity contribution in [1.82, 2.24) is 9.55 Å². The number of hydrogen-bond donors (Lipinski definition) is 1. The molecule has 2 rings (SSSR count). The molecule has 1 unspecified atom stereocenters. The fraction of sp³-hybridized carbons (Fsp3) is 0.438. The molecular weight excluding hydrogens is 236 g/mol. The monoisotopic (exact) mass is 258 g/mol. The number of nitrogens with zero attached hydrogens (tertiary/aromatic N) is 2. The van der Waals surface area contributed by atoms with Gasteiger partial charge in [0.25, 0.3) is 0 Å². The number of rotatable bonds is 4. The predicted molar refractivity (Wildman–Crippen MR) is 77.2 cm³/mol. The first-order valence-corrected chi connectivity index (χ1v) is 6.77. The quantitative estimate of drug-likeness (QED) is 0.915. The van der Waals surface area contributed by atoms with Crippen LogP contribution in [0.15, 0.2) is 24.7 Å². The van der Waals surface area contributed by atoms with Gasteiger partial charge in [0.15, 0.2) is 0 Å². The zero-order chi connectivity index (χ0) is 14.0. The molecule has 1 aromatic heterocycles. The molecule has 0 amide bonds. The molecule has 0 aliphatic carbocycles. The zero-order valence-electron chi connectivity index (χ0n) is 12.1. The van der Waals surface area contributed by atoms with E-state index in [9.17, 15) is 5.11 Å². The summed E-state index contributed by atoms with van der Waals surface area (Å²) in [5.74, 6) is 0. The minimum atomic E-state index is -0.498. The van der Waals surface area contributed by atoms with Crippen molar-refractivity contribution in [2.75, 3.05) is 0 Å². The smallest absolute Gasteiger partial charge is 0.0996 e. The second-order valence-corrected chi connectivity index (χ2v) is 5.20. The Labute approximate surface area is 114 Å². The van der Waals surface area contributed by atoms with Gasteiger partial charge in [-0.2, -0.15) is 0 Å². The van der Waals surface area contributed by atoms with Gasteiger partial charge in [-0.1, -0.05) is 17.7 Å². The van der Waals surface area contributed by atoms with E-state index < -0.39 is 6.10 Å². The second kappa shape index (κ2) is 5.57. The first-order valence-electron chi connectivity index (χ1n) is 6.77. The van der Waals surface area contributed by atoms with E-state index in [4.69, 9.17) is 0 Å². The number of hydrogen-bond acceptors (Lipinski definition) is 2. The molecule has 3 heteroatoms. The summed E-state index contributed by atoms with van der Waals surface area (Å²) in [6, 6.07) is 4.35. The summed E-state index contributed by atoms with van der Waals surface area (Å²) >= 11 is 0. The van der Waals surface area contributed by atoms with Gasteiger partial charge in [0.2, 0.25) is 0 Å². The van der Waals surface area contributed by atoms with Gasteiger partial charge in [0.1, 0.15) is 0 Å². The van der Waals surface area contributed by atoms with Crippen LogP contribution in [0.2, 0.25) is 0 Å². The summed E-state index contributed by atoms with van der Waals surface area (Å²) in [5, 5.41) is 10.4. The van der Waals surface area contributed by atoms with Crippen molar-refractivity contribution in [3.05, 3.63) is 52.6 Å². The van der Waals surface area contributed by atoms with Gasteiger partial charge in [-0.25, -0.2) is 4.98 Å². The molecule has 102 valence electrons. The number of aliphatic hydroxyl groups excluding tert-OH is 1. The molecule has 0 saturated carbocycles. The Kier molecular flexibility index (Phi) is 4.05. The highest BCUT2D eigenvalue weighted by molar-refractivity contribution is 5.38. The maximum atomic E-state index is 10.4. The molecule has 1 aromatic carbocycles. The normalized spacial score (nSPS) is 12.7.